The first-order valence-electron chi connectivity index (χ1n) is 4.46. The van der Waals surface area contributed by atoms with Crippen molar-refractivity contribution in [1.29, 1.82) is 0 Å². The fraction of sp³-hybridized carbons (Fsp3) is 0.400. The van der Waals surface area contributed by atoms with Crippen LogP contribution in [0, 0.1) is 0 Å². The van der Waals surface area contributed by atoms with Crippen molar-refractivity contribution in [3.63, 3.8) is 0 Å². The standard InChI is InChI=1S/C10H11BrClN/c11-8-6-7(3-4-9(8)12)10-2-1-5-13-10/h3-4,6,10,13H,1-2,5H2/t10-/m0/s1. The van der Waals surface area contributed by atoms with Crippen molar-refractivity contribution in [3.8, 4) is 0 Å². The van der Waals surface area contributed by atoms with Crippen LogP contribution in [0.1, 0.15) is 24.4 Å². The molecule has 1 fully saturated rings. The van der Waals surface area contributed by atoms with Crippen molar-refractivity contribution in [2.45, 2.75) is 18.9 Å². The maximum Gasteiger partial charge on any atom is 0.0548 e. The lowest BCUT2D eigenvalue weighted by Crippen LogP contribution is -2.12. The summed E-state index contributed by atoms with van der Waals surface area (Å²) in [5.41, 5.74) is 1.33. The van der Waals surface area contributed by atoms with E-state index in [1.54, 1.807) is 0 Å². The topological polar surface area (TPSA) is 12.0 Å². The van der Waals surface area contributed by atoms with Crippen LogP contribution < -0.4 is 5.32 Å². The summed E-state index contributed by atoms with van der Waals surface area (Å²) in [5.74, 6) is 0. The normalized spacial score (nSPS) is 22.2. The van der Waals surface area contributed by atoms with Crippen LogP contribution in [0.3, 0.4) is 0 Å². The van der Waals surface area contributed by atoms with Crippen LogP contribution in [-0.4, -0.2) is 6.54 Å². The van der Waals surface area contributed by atoms with Crippen LogP contribution in [-0.2, 0) is 0 Å². The largest absolute Gasteiger partial charge is 0.310 e. The number of benzene rings is 1. The van der Waals surface area contributed by atoms with Crippen molar-refractivity contribution in [2.75, 3.05) is 6.54 Å². The Labute approximate surface area is 91.6 Å². The third-order valence-corrected chi connectivity index (χ3v) is 3.62. The smallest absolute Gasteiger partial charge is 0.0548 e. The van der Waals surface area contributed by atoms with Crippen LogP contribution in [0.15, 0.2) is 22.7 Å². The zero-order valence-electron chi connectivity index (χ0n) is 7.19. The molecule has 1 saturated heterocycles. The molecule has 0 aromatic heterocycles. The number of nitrogens with one attached hydrogen (secondary N) is 1. The zero-order valence-corrected chi connectivity index (χ0v) is 9.53. The molecule has 0 spiro atoms. The molecule has 1 aromatic carbocycles. The summed E-state index contributed by atoms with van der Waals surface area (Å²) in [6.07, 6.45) is 2.50. The molecule has 0 aliphatic carbocycles. The third kappa shape index (κ3) is 2.06. The summed E-state index contributed by atoms with van der Waals surface area (Å²) in [6.45, 7) is 1.13. The number of hydrogen-bond acceptors (Lipinski definition) is 1. The minimum atomic E-state index is 0.522. The molecule has 1 N–H and O–H groups in total. The SMILES string of the molecule is Clc1ccc([C@@H]2CCCN2)cc1Br. The van der Waals surface area contributed by atoms with E-state index >= 15 is 0 Å². The predicted molar refractivity (Wildman–Crippen MR) is 59.1 cm³/mol. The van der Waals surface area contributed by atoms with Gasteiger partial charge in [-0.1, -0.05) is 17.7 Å². The second-order valence-corrected chi connectivity index (χ2v) is 4.58. The Morgan fingerprint density at radius 3 is 2.92 bits per heavy atom. The molecule has 3 heteroatoms. The minimum absolute atomic E-state index is 0.522. The molecule has 13 heavy (non-hydrogen) atoms. The number of halogens is 2. The monoisotopic (exact) mass is 259 g/mol. The Bertz CT molecular complexity index is 308. The van der Waals surface area contributed by atoms with Gasteiger partial charge in [-0.05, 0) is 53.0 Å². The van der Waals surface area contributed by atoms with Crippen molar-refractivity contribution in [3.05, 3.63) is 33.3 Å². The highest BCUT2D eigenvalue weighted by atomic mass is 79.9. The first kappa shape index (κ1) is 9.50. The van der Waals surface area contributed by atoms with Gasteiger partial charge in [0, 0.05) is 10.5 Å². The van der Waals surface area contributed by atoms with E-state index in [-0.39, 0.29) is 0 Å². The summed E-state index contributed by atoms with van der Waals surface area (Å²) in [5, 5.41) is 4.24. The van der Waals surface area contributed by atoms with Crippen molar-refractivity contribution in [2.24, 2.45) is 0 Å². The number of rotatable bonds is 1. The molecule has 1 atom stereocenters. The van der Waals surface area contributed by atoms with Crippen LogP contribution in [0.2, 0.25) is 5.02 Å². The van der Waals surface area contributed by atoms with Gasteiger partial charge >= 0.3 is 0 Å². The molecule has 1 aliphatic rings. The zero-order chi connectivity index (χ0) is 9.26. The lowest BCUT2D eigenvalue weighted by Gasteiger charge is -2.10. The van der Waals surface area contributed by atoms with Gasteiger partial charge < -0.3 is 5.32 Å². The molecule has 0 saturated carbocycles. The molecule has 0 amide bonds. The summed E-state index contributed by atoms with van der Waals surface area (Å²) < 4.78 is 0.986. The molecule has 2 rings (SSSR count). The molecule has 1 nitrogen and oxygen atoms in total. The van der Waals surface area contributed by atoms with Crippen LogP contribution in [0.4, 0.5) is 0 Å². The summed E-state index contributed by atoms with van der Waals surface area (Å²) in [4.78, 5) is 0. The first-order chi connectivity index (χ1) is 6.27. The van der Waals surface area contributed by atoms with E-state index in [2.05, 4.69) is 33.4 Å². The van der Waals surface area contributed by atoms with Gasteiger partial charge in [0.2, 0.25) is 0 Å². The van der Waals surface area contributed by atoms with Gasteiger partial charge in [-0.15, -0.1) is 0 Å². The van der Waals surface area contributed by atoms with Crippen molar-refractivity contribution >= 4 is 27.5 Å². The van der Waals surface area contributed by atoms with Crippen LogP contribution >= 0.6 is 27.5 Å². The highest BCUT2D eigenvalue weighted by Gasteiger charge is 2.16. The van der Waals surface area contributed by atoms with Gasteiger partial charge in [-0.3, -0.25) is 0 Å². The fourth-order valence-corrected chi connectivity index (χ4v) is 2.21. The highest BCUT2D eigenvalue weighted by Crippen LogP contribution is 2.29. The van der Waals surface area contributed by atoms with E-state index < -0.39 is 0 Å². The van der Waals surface area contributed by atoms with E-state index in [1.807, 2.05) is 6.07 Å². The average molecular weight is 261 g/mol. The summed E-state index contributed by atoms with van der Waals surface area (Å²) >= 11 is 9.35. The van der Waals surface area contributed by atoms with Crippen LogP contribution in [0.25, 0.3) is 0 Å². The Kier molecular flexibility index (Phi) is 2.92. The molecular formula is C10H11BrClN. The Morgan fingerprint density at radius 2 is 2.31 bits per heavy atom. The fourth-order valence-electron chi connectivity index (χ4n) is 1.70. The van der Waals surface area contributed by atoms with E-state index in [4.69, 9.17) is 11.6 Å². The molecule has 1 aromatic rings. The summed E-state index contributed by atoms with van der Waals surface area (Å²) in [6, 6.07) is 6.66. The average Bonchev–Trinajstić information content (AvgIpc) is 2.62. The second kappa shape index (κ2) is 3.99. The van der Waals surface area contributed by atoms with Gasteiger partial charge in [0.05, 0.1) is 5.02 Å². The Hall–Kier alpha value is -0.0500. The van der Waals surface area contributed by atoms with E-state index in [1.165, 1.54) is 18.4 Å². The molecule has 0 bridgehead atoms. The van der Waals surface area contributed by atoms with Crippen LogP contribution in [0.5, 0.6) is 0 Å². The third-order valence-electron chi connectivity index (χ3n) is 2.41. The first-order valence-corrected chi connectivity index (χ1v) is 5.63. The summed E-state index contributed by atoms with van der Waals surface area (Å²) in [7, 11) is 0. The van der Waals surface area contributed by atoms with Crippen molar-refractivity contribution < 1.29 is 0 Å². The molecule has 70 valence electrons. The molecule has 0 radical (unpaired) electrons. The minimum Gasteiger partial charge on any atom is -0.310 e. The quantitative estimate of drug-likeness (QED) is 0.814. The van der Waals surface area contributed by atoms with Gasteiger partial charge in [-0.25, -0.2) is 0 Å². The van der Waals surface area contributed by atoms with Gasteiger partial charge in [0.25, 0.3) is 0 Å². The Balaban J connectivity index is 2.25. The number of hydrogen-bond donors (Lipinski definition) is 1. The van der Waals surface area contributed by atoms with Gasteiger partial charge in [0.15, 0.2) is 0 Å². The highest BCUT2D eigenvalue weighted by molar-refractivity contribution is 9.10. The van der Waals surface area contributed by atoms with Gasteiger partial charge in [-0.2, -0.15) is 0 Å². The van der Waals surface area contributed by atoms with Gasteiger partial charge in [0.1, 0.15) is 0 Å². The van der Waals surface area contributed by atoms with Crippen molar-refractivity contribution in [1.82, 2.24) is 5.32 Å². The maximum absolute atomic E-state index is 5.92. The lowest BCUT2D eigenvalue weighted by atomic mass is 10.1. The molecule has 1 heterocycles. The Morgan fingerprint density at radius 1 is 1.46 bits per heavy atom. The molecular weight excluding hydrogens is 249 g/mol. The predicted octanol–water partition coefficient (Wildman–Crippen LogP) is 3.53. The van der Waals surface area contributed by atoms with E-state index in [9.17, 15) is 0 Å². The maximum atomic E-state index is 5.92. The lowest BCUT2D eigenvalue weighted by molar-refractivity contribution is 0.647. The second-order valence-electron chi connectivity index (χ2n) is 3.32. The molecule has 0 unspecified atom stereocenters. The van der Waals surface area contributed by atoms with E-state index in [0.29, 0.717) is 6.04 Å². The van der Waals surface area contributed by atoms with E-state index in [0.717, 1.165) is 16.0 Å². The molecule has 1 aliphatic heterocycles.